The standard InChI is InChI=1S/C18H17BrN2O/c1-11-3-8-17-16(9-11)15(12(2)20-17)10-18(22)21-14-6-4-13(19)5-7-14/h3-9,20H,10H2,1-2H3,(H,21,22). The molecule has 112 valence electrons. The van der Waals surface area contributed by atoms with Crippen LogP contribution in [0.4, 0.5) is 5.69 Å². The number of hydrogen-bond acceptors (Lipinski definition) is 1. The van der Waals surface area contributed by atoms with Gasteiger partial charge in [0.05, 0.1) is 6.42 Å². The van der Waals surface area contributed by atoms with Crippen LogP contribution in [0.1, 0.15) is 16.8 Å². The van der Waals surface area contributed by atoms with E-state index in [4.69, 9.17) is 0 Å². The van der Waals surface area contributed by atoms with Gasteiger partial charge in [0.25, 0.3) is 0 Å². The van der Waals surface area contributed by atoms with Crippen molar-refractivity contribution in [3.05, 3.63) is 63.8 Å². The number of fused-ring (bicyclic) bond motifs is 1. The van der Waals surface area contributed by atoms with E-state index < -0.39 is 0 Å². The van der Waals surface area contributed by atoms with E-state index in [1.165, 1.54) is 5.56 Å². The average molecular weight is 357 g/mol. The Bertz CT molecular complexity index is 834. The summed E-state index contributed by atoms with van der Waals surface area (Å²) in [6.07, 6.45) is 0.366. The summed E-state index contributed by atoms with van der Waals surface area (Å²) in [5.74, 6) is -0.00664. The number of amides is 1. The highest BCUT2D eigenvalue weighted by Crippen LogP contribution is 2.24. The van der Waals surface area contributed by atoms with Crippen molar-refractivity contribution in [3.8, 4) is 0 Å². The summed E-state index contributed by atoms with van der Waals surface area (Å²) >= 11 is 3.39. The second-order valence-electron chi connectivity index (χ2n) is 5.51. The molecule has 2 aromatic carbocycles. The molecule has 3 aromatic rings. The third kappa shape index (κ3) is 3.07. The van der Waals surface area contributed by atoms with Crippen LogP contribution in [0.5, 0.6) is 0 Å². The van der Waals surface area contributed by atoms with Crippen molar-refractivity contribution >= 4 is 38.4 Å². The first-order chi connectivity index (χ1) is 10.5. The molecule has 0 fully saturated rings. The Labute approximate surface area is 137 Å². The van der Waals surface area contributed by atoms with E-state index in [2.05, 4.69) is 51.4 Å². The van der Waals surface area contributed by atoms with Gasteiger partial charge in [0, 0.05) is 26.8 Å². The number of anilines is 1. The zero-order valence-electron chi connectivity index (χ0n) is 12.5. The van der Waals surface area contributed by atoms with Crippen LogP contribution in [0.2, 0.25) is 0 Å². The minimum absolute atomic E-state index is 0.00664. The molecular weight excluding hydrogens is 340 g/mol. The molecule has 22 heavy (non-hydrogen) atoms. The van der Waals surface area contributed by atoms with Gasteiger partial charge in [-0.2, -0.15) is 0 Å². The molecule has 2 N–H and O–H groups in total. The molecule has 0 saturated heterocycles. The Balaban J connectivity index is 1.83. The van der Waals surface area contributed by atoms with Crippen molar-refractivity contribution in [2.24, 2.45) is 0 Å². The van der Waals surface area contributed by atoms with E-state index in [9.17, 15) is 4.79 Å². The zero-order chi connectivity index (χ0) is 15.7. The maximum Gasteiger partial charge on any atom is 0.228 e. The summed E-state index contributed by atoms with van der Waals surface area (Å²) in [5.41, 5.74) is 5.19. The van der Waals surface area contributed by atoms with Crippen LogP contribution < -0.4 is 5.32 Å². The molecule has 0 radical (unpaired) electrons. The van der Waals surface area contributed by atoms with Crippen LogP contribution in [0.3, 0.4) is 0 Å². The highest BCUT2D eigenvalue weighted by atomic mass is 79.9. The maximum atomic E-state index is 12.3. The number of benzene rings is 2. The zero-order valence-corrected chi connectivity index (χ0v) is 14.1. The lowest BCUT2D eigenvalue weighted by molar-refractivity contribution is -0.115. The number of aromatic amines is 1. The minimum Gasteiger partial charge on any atom is -0.358 e. The monoisotopic (exact) mass is 356 g/mol. The lowest BCUT2D eigenvalue weighted by Gasteiger charge is -2.06. The maximum absolute atomic E-state index is 12.3. The summed E-state index contributed by atoms with van der Waals surface area (Å²) in [4.78, 5) is 15.7. The lowest BCUT2D eigenvalue weighted by Crippen LogP contribution is -2.14. The molecule has 0 atom stereocenters. The summed E-state index contributed by atoms with van der Waals surface area (Å²) in [5, 5.41) is 4.07. The van der Waals surface area contributed by atoms with Gasteiger partial charge in [0.1, 0.15) is 0 Å². The molecule has 3 nitrogen and oxygen atoms in total. The number of nitrogens with one attached hydrogen (secondary N) is 2. The molecule has 0 aliphatic carbocycles. The van der Waals surface area contributed by atoms with Crippen molar-refractivity contribution in [2.75, 3.05) is 5.32 Å². The predicted molar refractivity (Wildman–Crippen MR) is 94.2 cm³/mol. The summed E-state index contributed by atoms with van der Waals surface area (Å²) in [6.45, 7) is 4.07. The van der Waals surface area contributed by atoms with E-state index in [-0.39, 0.29) is 5.91 Å². The topological polar surface area (TPSA) is 44.9 Å². The summed E-state index contributed by atoms with van der Waals surface area (Å²) in [7, 11) is 0. The molecule has 4 heteroatoms. The fourth-order valence-corrected chi connectivity index (χ4v) is 2.89. The number of rotatable bonds is 3. The molecule has 0 spiro atoms. The van der Waals surface area contributed by atoms with Gasteiger partial charge in [-0.1, -0.05) is 27.6 Å². The van der Waals surface area contributed by atoms with Crippen LogP contribution in [0.15, 0.2) is 46.9 Å². The van der Waals surface area contributed by atoms with Crippen molar-refractivity contribution in [1.82, 2.24) is 4.98 Å². The Hall–Kier alpha value is -2.07. The smallest absolute Gasteiger partial charge is 0.228 e. The average Bonchev–Trinajstić information content (AvgIpc) is 2.77. The van der Waals surface area contributed by atoms with E-state index in [1.807, 2.05) is 31.2 Å². The molecule has 0 aliphatic rings. The number of aryl methyl sites for hydroxylation is 2. The van der Waals surface area contributed by atoms with Gasteiger partial charge in [0.15, 0.2) is 0 Å². The SMILES string of the molecule is Cc1ccc2[nH]c(C)c(CC(=O)Nc3ccc(Br)cc3)c2c1. The Morgan fingerprint density at radius 3 is 2.59 bits per heavy atom. The third-order valence-corrected chi connectivity index (χ3v) is 4.27. The Morgan fingerprint density at radius 1 is 1.14 bits per heavy atom. The lowest BCUT2D eigenvalue weighted by atomic mass is 10.1. The van der Waals surface area contributed by atoms with Gasteiger partial charge >= 0.3 is 0 Å². The molecule has 0 aliphatic heterocycles. The Morgan fingerprint density at radius 2 is 1.86 bits per heavy atom. The van der Waals surface area contributed by atoms with Crippen molar-refractivity contribution in [3.63, 3.8) is 0 Å². The van der Waals surface area contributed by atoms with Crippen molar-refractivity contribution < 1.29 is 4.79 Å². The van der Waals surface area contributed by atoms with Gasteiger partial charge in [-0.15, -0.1) is 0 Å². The van der Waals surface area contributed by atoms with Crippen molar-refractivity contribution in [1.29, 1.82) is 0 Å². The molecule has 3 rings (SSSR count). The summed E-state index contributed by atoms with van der Waals surface area (Å²) in [6, 6.07) is 13.9. The fourth-order valence-electron chi connectivity index (χ4n) is 2.62. The molecule has 1 amide bonds. The van der Waals surface area contributed by atoms with Crippen LogP contribution in [0, 0.1) is 13.8 Å². The second-order valence-corrected chi connectivity index (χ2v) is 6.43. The van der Waals surface area contributed by atoms with E-state index in [0.29, 0.717) is 6.42 Å². The normalized spacial score (nSPS) is 10.9. The van der Waals surface area contributed by atoms with Crippen LogP contribution in [-0.4, -0.2) is 10.9 Å². The highest BCUT2D eigenvalue weighted by molar-refractivity contribution is 9.10. The van der Waals surface area contributed by atoms with Gasteiger partial charge in [0.2, 0.25) is 5.91 Å². The quantitative estimate of drug-likeness (QED) is 0.699. The van der Waals surface area contributed by atoms with Gasteiger partial charge in [-0.05, 0) is 55.8 Å². The number of hydrogen-bond donors (Lipinski definition) is 2. The molecule has 0 unspecified atom stereocenters. The van der Waals surface area contributed by atoms with Gasteiger partial charge in [-0.3, -0.25) is 4.79 Å². The summed E-state index contributed by atoms with van der Waals surface area (Å²) < 4.78 is 0.994. The number of H-pyrrole nitrogens is 1. The molecular formula is C18H17BrN2O. The first-order valence-electron chi connectivity index (χ1n) is 7.16. The first-order valence-corrected chi connectivity index (χ1v) is 7.95. The van der Waals surface area contributed by atoms with Crippen LogP contribution >= 0.6 is 15.9 Å². The van der Waals surface area contributed by atoms with Gasteiger partial charge in [-0.25, -0.2) is 0 Å². The number of halogens is 1. The molecule has 0 bridgehead atoms. The molecule has 0 saturated carbocycles. The second kappa shape index (κ2) is 5.97. The highest BCUT2D eigenvalue weighted by Gasteiger charge is 2.12. The fraction of sp³-hybridized carbons (Fsp3) is 0.167. The predicted octanol–water partition coefficient (Wildman–Crippen LogP) is 4.73. The minimum atomic E-state index is -0.00664. The first kappa shape index (κ1) is 14.9. The molecule has 1 aromatic heterocycles. The number of aromatic nitrogens is 1. The van der Waals surface area contributed by atoms with Crippen LogP contribution in [-0.2, 0) is 11.2 Å². The van der Waals surface area contributed by atoms with E-state index >= 15 is 0 Å². The Kier molecular flexibility index (Phi) is 4.03. The molecule has 1 heterocycles. The third-order valence-electron chi connectivity index (χ3n) is 3.74. The van der Waals surface area contributed by atoms with Crippen molar-refractivity contribution in [2.45, 2.75) is 20.3 Å². The van der Waals surface area contributed by atoms with Gasteiger partial charge < -0.3 is 10.3 Å². The number of carbonyl (C=O) groups excluding carboxylic acids is 1. The van der Waals surface area contributed by atoms with E-state index in [1.54, 1.807) is 0 Å². The van der Waals surface area contributed by atoms with Crippen LogP contribution in [0.25, 0.3) is 10.9 Å². The number of carbonyl (C=O) groups is 1. The van der Waals surface area contributed by atoms with E-state index in [0.717, 1.165) is 32.3 Å². The largest absolute Gasteiger partial charge is 0.358 e.